The van der Waals surface area contributed by atoms with Crippen molar-refractivity contribution in [3.63, 3.8) is 0 Å². The SMILES string of the molecule is CCC(C(=O)O)c1nc(CCc2ccc(/C(=C\C3CCCC3)c3ccc(C4CC4)c(OC)n3)cc2Cl)no1. The summed E-state index contributed by atoms with van der Waals surface area (Å²) in [4.78, 5) is 20.6. The minimum absolute atomic E-state index is 0.147. The molecule has 2 aliphatic carbocycles. The van der Waals surface area contributed by atoms with Gasteiger partial charge in [-0.15, -0.1) is 0 Å². The Bertz CT molecular complexity index is 1320. The second kappa shape index (κ2) is 11.7. The van der Waals surface area contributed by atoms with Crippen LogP contribution in [0.2, 0.25) is 5.02 Å². The zero-order valence-electron chi connectivity index (χ0n) is 22.0. The quantitative estimate of drug-likeness (QED) is 0.282. The molecule has 2 aromatic heterocycles. The Morgan fingerprint density at radius 1 is 1.16 bits per heavy atom. The van der Waals surface area contributed by atoms with Gasteiger partial charge in [0, 0.05) is 22.6 Å². The van der Waals surface area contributed by atoms with Crippen LogP contribution in [0.1, 0.15) is 97.8 Å². The Labute approximate surface area is 228 Å². The van der Waals surface area contributed by atoms with Crippen LogP contribution >= 0.6 is 11.6 Å². The largest absolute Gasteiger partial charge is 0.481 e. The molecule has 7 nitrogen and oxygen atoms in total. The molecular weight excluding hydrogens is 502 g/mol. The number of hydrogen-bond acceptors (Lipinski definition) is 6. The van der Waals surface area contributed by atoms with E-state index in [0.29, 0.717) is 41.9 Å². The van der Waals surface area contributed by atoms with Crippen LogP contribution in [0.15, 0.2) is 40.9 Å². The van der Waals surface area contributed by atoms with E-state index in [1.165, 1.54) is 44.1 Å². The number of pyridine rings is 1. The van der Waals surface area contributed by atoms with Gasteiger partial charge in [-0.2, -0.15) is 4.98 Å². The first kappa shape index (κ1) is 26.4. The van der Waals surface area contributed by atoms with Crippen molar-refractivity contribution in [3.05, 3.63) is 75.5 Å². The summed E-state index contributed by atoms with van der Waals surface area (Å²) in [6.07, 6.45) is 11.2. The molecule has 5 rings (SSSR count). The number of halogens is 1. The summed E-state index contributed by atoms with van der Waals surface area (Å²) in [5.74, 6) is 0.700. The third kappa shape index (κ3) is 5.93. The van der Waals surface area contributed by atoms with Gasteiger partial charge < -0.3 is 14.4 Å². The summed E-state index contributed by atoms with van der Waals surface area (Å²) in [6, 6.07) is 10.4. The third-order valence-electron chi connectivity index (χ3n) is 7.65. The molecule has 3 aromatic rings. The second-order valence-corrected chi connectivity index (χ2v) is 10.8. The van der Waals surface area contributed by atoms with Crippen LogP contribution in [-0.4, -0.2) is 33.3 Å². The van der Waals surface area contributed by atoms with Crippen molar-refractivity contribution in [2.75, 3.05) is 7.11 Å². The zero-order valence-corrected chi connectivity index (χ0v) is 22.7. The van der Waals surface area contributed by atoms with Gasteiger partial charge in [0.2, 0.25) is 11.8 Å². The number of hydrogen-bond donors (Lipinski definition) is 1. The normalized spacial score (nSPS) is 17.1. The van der Waals surface area contributed by atoms with E-state index in [0.717, 1.165) is 28.3 Å². The Balaban J connectivity index is 1.37. The van der Waals surface area contributed by atoms with Crippen molar-refractivity contribution in [1.29, 1.82) is 0 Å². The van der Waals surface area contributed by atoms with E-state index in [-0.39, 0.29) is 5.89 Å². The predicted octanol–water partition coefficient (Wildman–Crippen LogP) is 6.99. The van der Waals surface area contributed by atoms with Crippen molar-refractivity contribution >= 4 is 23.1 Å². The molecule has 1 aromatic carbocycles. The molecule has 2 aliphatic rings. The van der Waals surface area contributed by atoms with E-state index in [1.54, 1.807) is 14.0 Å². The topological polar surface area (TPSA) is 98.3 Å². The zero-order chi connectivity index (χ0) is 26.6. The number of carboxylic acids is 1. The number of aromatic nitrogens is 3. The Kier molecular flexibility index (Phi) is 8.12. The molecule has 0 amide bonds. The number of aryl methyl sites for hydroxylation is 2. The minimum Gasteiger partial charge on any atom is -0.481 e. The maximum absolute atomic E-state index is 11.4. The van der Waals surface area contributed by atoms with Crippen LogP contribution in [-0.2, 0) is 17.6 Å². The maximum atomic E-state index is 11.4. The summed E-state index contributed by atoms with van der Waals surface area (Å²) >= 11 is 6.78. The molecule has 8 heteroatoms. The number of nitrogens with zero attached hydrogens (tertiary/aromatic N) is 3. The highest BCUT2D eigenvalue weighted by Gasteiger charge is 2.28. The van der Waals surface area contributed by atoms with Gasteiger partial charge in [-0.25, -0.2) is 4.98 Å². The van der Waals surface area contributed by atoms with Gasteiger partial charge in [0.1, 0.15) is 5.92 Å². The molecule has 0 aliphatic heterocycles. The summed E-state index contributed by atoms with van der Waals surface area (Å²) in [5.41, 5.74) is 5.21. The number of carbonyl (C=O) groups is 1. The van der Waals surface area contributed by atoms with Crippen LogP contribution in [0.3, 0.4) is 0 Å². The highest BCUT2D eigenvalue weighted by atomic mass is 35.5. The molecule has 1 atom stereocenters. The monoisotopic (exact) mass is 535 g/mol. The lowest BCUT2D eigenvalue weighted by molar-refractivity contribution is -0.139. The average molecular weight is 536 g/mol. The number of carboxylic acid groups (broad SMARTS) is 1. The molecule has 38 heavy (non-hydrogen) atoms. The summed E-state index contributed by atoms with van der Waals surface area (Å²) in [5, 5.41) is 14.0. The van der Waals surface area contributed by atoms with Gasteiger partial charge in [0.15, 0.2) is 5.82 Å². The van der Waals surface area contributed by atoms with Crippen molar-refractivity contribution in [2.45, 2.75) is 76.5 Å². The summed E-state index contributed by atoms with van der Waals surface area (Å²) in [6.45, 7) is 1.78. The van der Waals surface area contributed by atoms with Gasteiger partial charge in [-0.05, 0) is 73.6 Å². The molecule has 2 heterocycles. The number of benzene rings is 1. The van der Waals surface area contributed by atoms with Crippen molar-refractivity contribution < 1.29 is 19.2 Å². The van der Waals surface area contributed by atoms with E-state index in [9.17, 15) is 9.90 Å². The van der Waals surface area contributed by atoms with Crippen LogP contribution in [0.4, 0.5) is 0 Å². The number of aliphatic carboxylic acids is 1. The highest BCUT2D eigenvalue weighted by molar-refractivity contribution is 6.31. The van der Waals surface area contributed by atoms with E-state index in [2.05, 4.69) is 34.4 Å². The van der Waals surface area contributed by atoms with Gasteiger partial charge in [0.05, 0.1) is 12.8 Å². The van der Waals surface area contributed by atoms with Crippen molar-refractivity contribution in [2.24, 2.45) is 5.92 Å². The molecule has 0 spiro atoms. The molecule has 1 N–H and O–H groups in total. The fraction of sp³-hybridized carbons (Fsp3) is 0.467. The molecule has 200 valence electrons. The van der Waals surface area contributed by atoms with Gasteiger partial charge in [-0.3, -0.25) is 4.79 Å². The van der Waals surface area contributed by atoms with Gasteiger partial charge >= 0.3 is 5.97 Å². The highest BCUT2D eigenvalue weighted by Crippen LogP contribution is 2.44. The maximum Gasteiger partial charge on any atom is 0.316 e. The Morgan fingerprint density at radius 2 is 1.95 bits per heavy atom. The third-order valence-corrected chi connectivity index (χ3v) is 8.00. The molecule has 1 unspecified atom stereocenters. The number of ether oxygens (including phenoxy) is 1. The number of allylic oxidation sites excluding steroid dienone is 1. The average Bonchev–Trinajstić information content (AvgIpc) is 3.43. The Morgan fingerprint density at radius 3 is 2.61 bits per heavy atom. The molecule has 2 fully saturated rings. The second-order valence-electron chi connectivity index (χ2n) is 10.3. The number of methoxy groups -OCH3 is 1. The summed E-state index contributed by atoms with van der Waals surface area (Å²) in [7, 11) is 1.70. The first-order valence-corrected chi connectivity index (χ1v) is 14.0. The smallest absolute Gasteiger partial charge is 0.316 e. The lowest BCUT2D eigenvalue weighted by Crippen LogP contribution is -2.10. The fourth-order valence-corrected chi connectivity index (χ4v) is 5.56. The molecular formula is C30H34ClN3O4. The predicted molar refractivity (Wildman–Crippen MR) is 146 cm³/mol. The van der Waals surface area contributed by atoms with Crippen LogP contribution in [0, 0.1) is 5.92 Å². The molecule has 0 bridgehead atoms. The Hall–Kier alpha value is -3.19. The van der Waals surface area contributed by atoms with Crippen LogP contribution < -0.4 is 4.74 Å². The first-order chi connectivity index (χ1) is 18.5. The van der Waals surface area contributed by atoms with E-state index in [4.69, 9.17) is 25.8 Å². The van der Waals surface area contributed by atoms with Crippen LogP contribution in [0.5, 0.6) is 5.88 Å². The van der Waals surface area contributed by atoms with E-state index >= 15 is 0 Å². The molecule has 0 radical (unpaired) electrons. The molecule has 2 saturated carbocycles. The van der Waals surface area contributed by atoms with Crippen molar-refractivity contribution in [1.82, 2.24) is 15.1 Å². The first-order valence-electron chi connectivity index (χ1n) is 13.6. The van der Waals surface area contributed by atoms with Gasteiger partial charge in [-0.1, -0.05) is 60.8 Å². The standard InChI is InChI=1S/C30H34ClN3O4/c1-3-22(30(35)36)29-33-27(34-38-29)15-12-20-10-11-21(17-25(20)31)24(16-18-6-4-5-7-18)26-14-13-23(19-8-9-19)28(32-26)37-2/h10-11,13-14,16-19,22H,3-9,12,15H2,1-2H3,(H,35,36)/b24-16+. The van der Waals surface area contributed by atoms with Gasteiger partial charge in [0.25, 0.3) is 0 Å². The summed E-state index contributed by atoms with van der Waals surface area (Å²) < 4.78 is 10.9. The minimum atomic E-state index is -0.961. The van der Waals surface area contributed by atoms with E-state index in [1.807, 2.05) is 12.1 Å². The van der Waals surface area contributed by atoms with Crippen molar-refractivity contribution in [3.8, 4) is 5.88 Å². The van der Waals surface area contributed by atoms with E-state index < -0.39 is 11.9 Å². The lowest BCUT2D eigenvalue weighted by Gasteiger charge is -2.15. The van der Waals surface area contributed by atoms with Crippen LogP contribution in [0.25, 0.3) is 5.57 Å². The fourth-order valence-electron chi connectivity index (χ4n) is 5.29. The number of rotatable bonds is 11. The lowest BCUT2D eigenvalue weighted by atomic mass is 9.94. The molecule has 0 saturated heterocycles.